The lowest BCUT2D eigenvalue weighted by Crippen LogP contribution is -2.37. The molecular formula is C10H15N3O2. The van der Waals surface area contributed by atoms with Crippen molar-refractivity contribution in [2.75, 3.05) is 19.8 Å². The fraction of sp³-hybridized carbons (Fsp3) is 0.400. The van der Waals surface area contributed by atoms with Gasteiger partial charge >= 0.3 is 5.97 Å². The molecule has 1 aliphatic heterocycles. The molecule has 0 saturated carbocycles. The zero-order chi connectivity index (χ0) is 10.9. The quantitative estimate of drug-likeness (QED) is 0.620. The van der Waals surface area contributed by atoms with Crippen LogP contribution in [0.25, 0.3) is 0 Å². The van der Waals surface area contributed by atoms with E-state index in [9.17, 15) is 4.79 Å². The Morgan fingerprint density at radius 2 is 2.13 bits per heavy atom. The second-order valence-electron chi connectivity index (χ2n) is 3.08. The first-order valence-corrected chi connectivity index (χ1v) is 4.85. The maximum absolute atomic E-state index is 10.2. The first-order valence-electron chi connectivity index (χ1n) is 4.85. The molecule has 2 heterocycles. The smallest absolute Gasteiger partial charge is 0.337 e. The van der Waals surface area contributed by atoms with E-state index in [1.54, 1.807) is 6.07 Å². The molecule has 5 nitrogen and oxygen atoms in total. The van der Waals surface area contributed by atoms with Crippen molar-refractivity contribution in [2.24, 2.45) is 0 Å². The number of aromatic nitrogens is 1. The zero-order valence-electron chi connectivity index (χ0n) is 8.44. The summed E-state index contributed by atoms with van der Waals surface area (Å²) in [5.41, 5.74) is 0.220. The fourth-order valence-corrected chi connectivity index (χ4v) is 1.09. The highest BCUT2D eigenvalue weighted by Crippen LogP contribution is 1.92. The van der Waals surface area contributed by atoms with Crippen molar-refractivity contribution in [1.29, 1.82) is 0 Å². The van der Waals surface area contributed by atoms with Crippen molar-refractivity contribution < 1.29 is 9.90 Å². The van der Waals surface area contributed by atoms with E-state index in [4.69, 9.17) is 5.11 Å². The molecule has 0 spiro atoms. The van der Waals surface area contributed by atoms with Crippen LogP contribution in [0.15, 0.2) is 24.5 Å². The average Bonchev–Trinajstić information content (AvgIpc) is 2.33. The van der Waals surface area contributed by atoms with Gasteiger partial charge in [-0.25, -0.2) is 4.79 Å². The Kier molecular flexibility index (Phi) is 5.35. The summed E-state index contributed by atoms with van der Waals surface area (Å²) in [5.74, 6) is -0.942. The first-order chi connectivity index (χ1) is 7.30. The summed E-state index contributed by atoms with van der Waals surface area (Å²) in [6.07, 6.45) is 4.12. The van der Waals surface area contributed by atoms with Gasteiger partial charge in [0.2, 0.25) is 0 Å². The lowest BCUT2D eigenvalue weighted by molar-refractivity contribution is 0.0696. The predicted molar refractivity (Wildman–Crippen MR) is 56.7 cm³/mol. The molecule has 0 atom stereocenters. The Bertz CT molecular complexity index is 274. The lowest BCUT2D eigenvalue weighted by atomic mass is 10.3. The van der Waals surface area contributed by atoms with E-state index in [-0.39, 0.29) is 5.56 Å². The van der Waals surface area contributed by atoms with E-state index in [1.807, 2.05) is 0 Å². The largest absolute Gasteiger partial charge is 0.478 e. The molecule has 1 aromatic rings. The van der Waals surface area contributed by atoms with Gasteiger partial charge in [-0.2, -0.15) is 0 Å². The normalized spacial score (nSPS) is 14.9. The number of nitrogens with one attached hydrogen (secondary N) is 2. The maximum Gasteiger partial charge on any atom is 0.337 e. The fourth-order valence-electron chi connectivity index (χ4n) is 1.09. The van der Waals surface area contributed by atoms with Gasteiger partial charge in [-0.3, -0.25) is 4.98 Å². The van der Waals surface area contributed by atoms with E-state index >= 15 is 0 Å². The highest BCUT2D eigenvalue weighted by atomic mass is 16.4. The number of carboxylic acid groups (broad SMARTS) is 1. The van der Waals surface area contributed by atoms with Crippen LogP contribution in [0.3, 0.4) is 0 Å². The SMILES string of the molecule is C1CNCNC1.O=C(O)c1cccnc1. The molecule has 5 heteroatoms. The van der Waals surface area contributed by atoms with Gasteiger partial charge in [0.15, 0.2) is 0 Å². The number of aromatic carboxylic acids is 1. The third-order valence-electron chi connectivity index (χ3n) is 1.87. The number of hydrogen-bond donors (Lipinski definition) is 3. The second-order valence-corrected chi connectivity index (χ2v) is 3.08. The Labute approximate surface area is 88.5 Å². The van der Waals surface area contributed by atoms with Crippen LogP contribution in [-0.4, -0.2) is 35.8 Å². The van der Waals surface area contributed by atoms with Gasteiger partial charge in [0.05, 0.1) is 5.56 Å². The monoisotopic (exact) mass is 209 g/mol. The molecule has 0 aromatic carbocycles. The van der Waals surface area contributed by atoms with E-state index in [0.717, 1.165) is 6.67 Å². The van der Waals surface area contributed by atoms with Crippen molar-refractivity contribution in [3.8, 4) is 0 Å². The molecule has 1 saturated heterocycles. The van der Waals surface area contributed by atoms with Crippen LogP contribution in [0.4, 0.5) is 0 Å². The van der Waals surface area contributed by atoms with Crippen molar-refractivity contribution in [2.45, 2.75) is 6.42 Å². The lowest BCUT2D eigenvalue weighted by Gasteiger charge is -2.11. The van der Waals surface area contributed by atoms with Crippen LogP contribution in [0, 0.1) is 0 Å². The summed E-state index contributed by atoms with van der Waals surface area (Å²) in [7, 11) is 0. The molecule has 0 radical (unpaired) electrons. The summed E-state index contributed by atoms with van der Waals surface area (Å²) in [6.45, 7) is 3.38. The molecule has 15 heavy (non-hydrogen) atoms. The summed E-state index contributed by atoms with van der Waals surface area (Å²) in [6, 6.07) is 3.08. The summed E-state index contributed by atoms with van der Waals surface area (Å²) < 4.78 is 0. The van der Waals surface area contributed by atoms with Crippen LogP contribution in [-0.2, 0) is 0 Å². The topological polar surface area (TPSA) is 74.2 Å². The summed E-state index contributed by atoms with van der Waals surface area (Å²) >= 11 is 0. The van der Waals surface area contributed by atoms with Gasteiger partial charge in [-0.05, 0) is 31.6 Å². The van der Waals surface area contributed by atoms with Crippen molar-refractivity contribution in [3.63, 3.8) is 0 Å². The van der Waals surface area contributed by atoms with E-state index in [1.165, 1.54) is 38.0 Å². The third-order valence-corrected chi connectivity index (χ3v) is 1.87. The standard InChI is InChI=1S/C6H5NO2.C4H10N2/c8-6(9)5-2-1-3-7-4-5;1-2-5-4-6-3-1/h1-4H,(H,8,9);5-6H,1-4H2. The molecule has 0 bridgehead atoms. The Balaban J connectivity index is 0.000000162. The van der Waals surface area contributed by atoms with Crippen LogP contribution < -0.4 is 10.6 Å². The first kappa shape index (κ1) is 11.6. The molecule has 0 aliphatic carbocycles. The van der Waals surface area contributed by atoms with E-state index in [2.05, 4.69) is 15.6 Å². The minimum absolute atomic E-state index is 0.220. The number of pyridine rings is 1. The molecular weight excluding hydrogens is 194 g/mol. The van der Waals surface area contributed by atoms with Crippen LogP contribution in [0.1, 0.15) is 16.8 Å². The highest BCUT2D eigenvalue weighted by Gasteiger charge is 1.97. The molecule has 3 N–H and O–H groups in total. The number of rotatable bonds is 1. The van der Waals surface area contributed by atoms with Crippen LogP contribution in [0.2, 0.25) is 0 Å². The molecule has 0 amide bonds. The molecule has 1 aromatic heterocycles. The van der Waals surface area contributed by atoms with E-state index in [0.29, 0.717) is 0 Å². The van der Waals surface area contributed by atoms with Gasteiger partial charge in [0.25, 0.3) is 0 Å². The average molecular weight is 209 g/mol. The van der Waals surface area contributed by atoms with Gasteiger partial charge in [0.1, 0.15) is 0 Å². The van der Waals surface area contributed by atoms with Gasteiger partial charge < -0.3 is 15.7 Å². The highest BCUT2D eigenvalue weighted by molar-refractivity contribution is 5.86. The molecule has 1 aliphatic rings. The third kappa shape index (κ3) is 5.09. The summed E-state index contributed by atoms with van der Waals surface area (Å²) in [5, 5.41) is 14.7. The maximum atomic E-state index is 10.2. The Morgan fingerprint density at radius 1 is 1.40 bits per heavy atom. The minimum atomic E-state index is -0.942. The Hall–Kier alpha value is -1.46. The second kappa shape index (κ2) is 6.92. The van der Waals surface area contributed by atoms with Crippen molar-refractivity contribution >= 4 is 5.97 Å². The minimum Gasteiger partial charge on any atom is -0.478 e. The van der Waals surface area contributed by atoms with Gasteiger partial charge in [-0.1, -0.05) is 0 Å². The van der Waals surface area contributed by atoms with Crippen molar-refractivity contribution in [1.82, 2.24) is 15.6 Å². The molecule has 2 rings (SSSR count). The number of nitrogens with zero attached hydrogens (tertiary/aromatic N) is 1. The Morgan fingerprint density at radius 3 is 2.40 bits per heavy atom. The number of carbonyl (C=O) groups is 1. The zero-order valence-corrected chi connectivity index (χ0v) is 8.44. The predicted octanol–water partition coefficient (Wildman–Crippen LogP) is 0.307. The molecule has 0 unspecified atom stereocenters. The van der Waals surface area contributed by atoms with Gasteiger partial charge in [0, 0.05) is 19.1 Å². The molecule has 82 valence electrons. The van der Waals surface area contributed by atoms with Crippen molar-refractivity contribution in [3.05, 3.63) is 30.1 Å². The number of carboxylic acids is 1. The van der Waals surface area contributed by atoms with Crippen LogP contribution in [0.5, 0.6) is 0 Å². The van der Waals surface area contributed by atoms with Gasteiger partial charge in [-0.15, -0.1) is 0 Å². The van der Waals surface area contributed by atoms with E-state index < -0.39 is 5.97 Å². The number of hydrogen-bond acceptors (Lipinski definition) is 4. The molecule has 1 fully saturated rings. The summed E-state index contributed by atoms with van der Waals surface area (Å²) in [4.78, 5) is 13.8. The van der Waals surface area contributed by atoms with Crippen LogP contribution >= 0.6 is 0 Å².